The highest BCUT2D eigenvalue weighted by molar-refractivity contribution is 5.96. The Morgan fingerprint density at radius 2 is 2.23 bits per heavy atom. The molecule has 0 radical (unpaired) electrons. The molecule has 1 atom stereocenters. The number of halogens is 1. The van der Waals surface area contributed by atoms with Crippen LogP contribution in [0.4, 0.5) is 14.9 Å². The minimum absolute atomic E-state index is 0.109. The Kier molecular flexibility index (Phi) is 5.75. The molecule has 1 aliphatic heterocycles. The Hall–Kier alpha value is -2.11. The number of hydrogen-bond acceptors (Lipinski definition) is 2. The molecule has 2 N–H and O–H groups in total. The van der Waals surface area contributed by atoms with E-state index in [0.29, 0.717) is 18.8 Å². The summed E-state index contributed by atoms with van der Waals surface area (Å²) in [6.07, 6.45) is 3.36. The Balaban J connectivity index is 1.83. The Morgan fingerprint density at radius 3 is 2.95 bits per heavy atom. The molecule has 0 saturated carbocycles. The van der Waals surface area contributed by atoms with Gasteiger partial charge in [0.05, 0.1) is 6.04 Å². The lowest BCUT2D eigenvalue weighted by molar-refractivity contribution is -0.117. The number of anilines is 1. The van der Waals surface area contributed by atoms with Gasteiger partial charge in [0.25, 0.3) is 0 Å². The fourth-order valence-corrected chi connectivity index (χ4v) is 2.51. The first kappa shape index (κ1) is 16.3. The predicted octanol–water partition coefficient (Wildman–Crippen LogP) is 2.42. The molecule has 5 nitrogen and oxygen atoms in total. The zero-order valence-electron chi connectivity index (χ0n) is 12.8. The molecule has 2 rings (SSSR count). The van der Waals surface area contributed by atoms with Gasteiger partial charge in [0.15, 0.2) is 0 Å². The normalized spacial score (nSPS) is 17.6. The van der Waals surface area contributed by atoms with Gasteiger partial charge >= 0.3 is 6.03 Å². The first-order valence-electron chi connectivity index (χ1n) is 7.70. The van der Waals surface area contributed by atoms with Crippen LogP contribution in [0.25, 0.3) is 0 Å². The number of unbranched alkanes of at least 4 members (excludes halogenated alkanes) is 2. The predicted molar refractivity (Wildman–Crippen MR) is 83.2 cm³/mol. The maximum atomic E-state index is 13.2. The highest BCUT2D eigenvalue weighted by Gasteiger charge is 2.31. The van der Waals surface area contributed by atoms with Gasteiger partial charge in [-0.05, 0) is 24.6 Å². The van der Waals surface area contributed by atoms with Gasteiger partial charge in [-0.3, -0.25) is 4.79 Å². The summed E-state index contributed by atoms with van der Waals surface area (Å²) in [6.45, 7) is 3.10. The molecule has 22 heavy (non-hydrogen) atoms. The largest absolute Gasteiger partial charge is 0.338 e. The van der Waals surface area contributed by atoms with Crippen molar-refractivity contribution in [3.8, 4) is 0 Å². The van der Waals surface area contributed by atoms with Gasteiger partial charge in [0.1, 0.15) is 5.82 Å². The summed E-state index contributed by atoms with van der Waals surface area (Å²) in [6, 6.07) is 5.42. The zero-order valence-corrected chi connectivity index (χ0v) is 12.8. The Bertz CT molecular complexity index is 536. The molecule has 120 valence electrons. The Morgan fingerprint density at radius 1 is 1.41 bits per heavy atom. The van der Waals surface area contributed by atoms with E-state index in [1.807, 2.05) is 0 Å². The molecule has 0 aliphatic carbocycles. The lowest BCUT2D eigenvalue weighted by Crippen LogP contribution is -2.43. The summed E-state index contributed by atoms with van der Waals surface area (Å²) in [5.74, 6) is -0.489. The summed E-state index contributed by atoms with van der Waals surface area (Å²) in [7, 11) is 0. The number of rotatable bonds is 6. The van der Waals surface area contributed by atoms with Crippen LogP contribution >= 0.6 is 0 Å². The number of carbonyl (C=O) groups excluding carboxylic acids is 2. The lowest BCUT2D eigenvalue weighted by atomic mass is 10.2. The SMILES string of the molecule is CCCCCNC(=O)N[C@@H]1CC(=O)N(c2cccc(F)c2)C1. The van der Waals surface area contributed by atoms with Crippen molar-refractivity contribution in [3.63, 3.8) is 0 Å². The van der Waals surface area contributed by atoms with Gasteiger partial charge in [-0.2, -0.15) is 0 Å². The number of amides is 3. The van der Waals surface area contributed by atoms with Crippen molar-refractivity contribution in [2.45, 2.75) is 38.6 Å². The van der Waals surface area contributed by atoms with Crippen molar-refractivity contribution >= 4 is 17.6 Å². The molecule has 1 aromatic carbocycles. The molecular weight excluding hydrogens is 285 g/mol. The minimum Gasteiger partial charge on any atom is -0.338 e. The van der Waals surface area contributed by atoms with Crippen molar-refractivity contribution < 1.29 is 14.0 Å². The van der Waals surface area contributed by atoms with Crippen LogP contribution in [0.5, 0.6) is 0 Å². The monoisotopic (exact) mass is 307 g/mol. The Labute approximate surface area is 129 Å². The highest BCUT2D eigenvalue weighted by atomic mass is 19.1. The van der Waals surface area contributed by atoms with Gasteiger partial charge in [-0.25, -0.2) is 9.18 Å². The van der Waals surface area contributed by atoms with Crippen LogP contribution in [-0.4, -0.2) is 31.1 Å². The lowest BCUT2D eigenvalue weighted by Gasteiger charge is -2.17. The number of carbonyl (C=O) groups is 2. The second-order valence-corrected chi connectivity index (χ2v) is 5.49. The van der Waals surface area contributed by atoms with Crippen molar-refractivity contribution in [2.24, 2.45) is 0 Å². The van der Waals surface area contributed by atoms with Crippen molar-refractivity contribution in [1.29, 1.82) is 0 Å². The molecule has 1 aromatic rings. The van der Waals surface area contributed by atoms with Gasteiger partial charge in [-0.15, -0.1) is 0 Å². The van der Waals surface area contributed by atoms with E-state index in [4.69, 9.17) is 0 Å². The van der Waals surface area contributed by atoms with E-state index in [9.17, 15) is 14.0 Å². The summed E-state index contributed by atoms with van der Waals surface area (Å²) < 4.78 is 13.2. The molecule has 0 spiro atoms. The first-order chi connectivity index (χ1) is 10.6. The second kappa shape index (κ2) is 7.77. The topological polar surface area (TPSA) is 61.4 Å². The molecule has 1 heterocycles. The molecule has 0 unspecified atom stereocenters. The number of urea groups is 1. The van der Waals surface area contributed by atoms with E-state index in [2.05, 4.69) is 17.6 Å². The van der Waals surface area contributed by atoms with Crippen molar-refractivity contribution in [1.82, 2.24) is 10.6 Å². The number of nitrogens with zero attached hydrogens (tertiary/aromatic N) is 1. The molecule has 0 bridgehead atoms. The van der Waals surface area contributed by atoms with Gasteiger partial charge in [0.2, 0.25) is 5.91 Å². The van der Waals surface area contributed by atoms with Crippen LogP contribution < -0.4 is 15.5 Å². The fraction of sp³-hybridized carbons (Fsp3) is 0.500. The van der Waals surface area contributed by atoms with E-state index in [0.717, 1.165) is 19.3 Å². The van der Waals surface area contributed by atoms with E-state index >= 15 is 0 Å². The van der Waals surface area contributed by atoms with Crippen LogP contribution in [0.1, 0.15) is 32.6 Å². The summed E-state index contributed by atoms with van der Waals surface area (Å²) in [5, 5.41) is 5.58. The smallest absolute Gasteiger partial charge is 0.315 e. The van der Waals surface area contributed by atoms with E-state index in [1.54, 1.807) is 12.1 Å². The molecule has 0 aromatic heterocycles. The summed E-state index contributed by atoms with van der Waals surface area (Å²) in [5.41, 5.74) is 0.526. The quantitative estimate of drug-likeness (QED) is 0.793. The van der Waals surface area contributed by atoms with Gasteiger partial charge < -0.3 is 15.5 Å². The molecule has 3 amide bonds. The third-order valence-electron chi connectivity index (χ3n) is 3.65. The molecular formula is C16H22FN3O2. The van der Waals surface area contributed by atoms with E-state index in [1.165, 1.54) is 17.0 Å². The number of benzene rings is 1. The average molecular weight is 307 g/mol. The van der Waals surface area contributed by atoms with Crippen LogP contribution in [0.3, 0.4) is 0 Å². The van der Waals surface area contributed by atoms with Crippen LogP contribution in [0, 0.1) is 5.82 Å². The zero-order chi connectivity index (χ0) is 15.9. The second-order valence-electron chi connectivity index (χ2n) is 5.49. The molecule has 6 heteroatoms. The van der Waals surface area contributed by atoms with Crippen molar-refractivity contribution in [2.75, 3.05) is 18.0 Å². The fourth-order valence-electron chi connectivity index (χ4n) is 2.51. The van der Waals surface area contributed by atoms with Gasteiger partial charge in [-0.1, -0.05) is 25.8 Å². The maximum Gasteiger partial charge on any atom is 0.315 e. The van der Waals surface area contributed by atoms with Crippen LogP contribution in [-0.2, 0) is 4.79 Å². The molecule has 1 aliphatic rings. The van der Waals surface area contributed by atoms with Gasteiger partial charge in [0, 0.05) is 25.2 Å². The van der Waals surface area contributed by atoms with Crippen molar-refractivity contribution in [3.05, 3.63) is 30.1 Å². The summed E-state index contributed by atoms with van der Waals surface area (Å²) in [4.78, 5) is 25.3. The number of hydrogen-bond donors (Lipinski definition) is 2. The first-order valence-corrected chi connectivity index (χ1v) is 7.70. The third-order valence-corrected chi connectivity index (χ3v) is 3.65. The third kappa shape index (κ3) is 4.44. The summed E-state index contributed by atoms with van der Waals surface area (Å²) >= 11 is 0. The highest BCUT2D eigenvalue weighted by Crippen LogP contribution is 2.22. The average Bonchev–Trinajstić information content (AvgIpc) is 2.84. The minimum atomic E-state index is -0.379. The maximum absolute atomic E-state index is 13.2. The number of nitrogens with one attached hydrogen (secondary N) is 2. The van der Waals surface area contributed by atoms with E-state index in [-0.39, 0.29) is 30.2 Å². The van der Waals surface area contributed by atoms with E-state index < -0.39 is 0 Å². The molecule has 1 saturated heterocycles. The van der Waals surface area contributed by atoms with Crippen LogP contribution in [0.2, 0.25) is 0 Å². The van der Waals surface area contributed by atoms with Crippen LogP contribution in [0.15, 0.2) is 24.3 Å². The molecule has 1 fully saturated rings. The standard InChI is InChI=1S/C16H22FN3O2/c1-2-3-4-8-18-16(22)19-13-10-15(21)20(11-13)14-7-5-6-12(17)9-14/h5-7,9,13H,2-4,8,10-11H2,1H3,(H2,18,19,22)/t13-/m1/s1.